The van der Waals surface area contributed by atoms with Crippen LogP contribution in [-0.2, 0) is 0 Å². The molecule has 7 heteroatoms. The highest BCUT2D eigenvalue weighted by Crippen LogP contribution is 2.37. The molecule has 0 atom stereocenters. The van der Waals surface area contributed by atoms with E-state index in [4.69, 9.17) is 5.26 Å². The highest BCUT2D eigenvalue weighted by Gasteiger charge is 2.33. The number of aromatic amines is 1. The number of pyridine rings is 1. The first kappa shape index (κ1) is 15.9. The van der Waals surface area contributed by atoms with Crippen LogP contribution in [0.5, 0.6) is 0 Å². The largest absolute Gasteiger partial charge is 0.356 e. The Morgan fingerprint density at radius 2 is 2.20 bits per heavy atom. The first-order valence-electron chi connectivity index (χ1n) is 8.24. The second-order valence-corrected chi connectivity index (χ2v) is 7.39. The number of thioether (sulfide) groups is 1. The fourth-order valence-electron chi connectivity index (χ4n) is 3.23. The zero-order valence-corrected chi connectivity index (χ0v) is 14.7. The van der Waals surface area contributed by atoms with Crippen molar-refractivity contribution >= 4 is 28.6 Å². The number of aromatic nitrogens is 4. The van der Waals surface area contributed by atoms with E-state index >= 15 is 0 Å². The SMILES string of the molecule is CN(c1ncnc2[nH]ccc12)C1CC(CSc2cc(C#N)ccn2)C1. The molecule has 1 aliphatic rings. The summed E-state index contributed by atoms with van der Waals surface area (Å²) < 4.78 is 0. The number of nitrogens with one attached hydrogen (secondary N) is 1. The monoisotopic (exact) mass is 350 g/mol. The zero-order valence-electron chi connectivity index (χ0n) is 13.9. The topological polar surface area (TPSA) is 81.5 Å². The first-order chi connectivity index (χ1) is 12.2. The van der Waals surface area contributed by atoms with Crippen molar-refractivity contribution in [2.75, 3.05) is 17.7 Å². The van der Waals surface area contributed by atoms with E-state index in [1.54, 1.807) is 30.4 Å². The molecule has 0 bridgehead atoms. The standard InChI is InChI=1S/C18H18N6S/c1-24(18-15-3-5-21-17(15)22-11-23-18)14-6-13(7-14)10-25-16-8-12(9-19)2-4-20-16/h2-5,8,11,13-14H,6-7,10H2,1H3,(H,21,22,23). The maximum absolute atomic E-state index is 8.96. The quantitative estimate of drug-likeness (QED) is 0.712. The third-order valence-electron chi connectivity index (χ3n) is 4.76. The average Bonchev–Trinajstić information content (AvgIpc) is 3.09. The number of nitriles is 1. The molecule has 3 heterocycles. The first-order valence-corrected chi connectivity index (χ1v) is 9.23. The van der Waals surface area contributed by atoms with Crippen LogP contribution in [-0.4, -0.2) is 38.8 Å². The Morgan fingerprint density at radius 1 is 1.32 bits per heavy atom. The third-order valence-corrected chi connectivity index (χ3v) is 5.91. The highest BCUT2D eigenvalue weighted by atomic mass is 32.2. The van der Waals surface area contributed by atoms with E-state index in [-0.39, 0.29) is 0 Å². The second kappa shape index (κ2) is 6.73. The molecule has 0 radical (unpaired) electrons. The van der Waals surface area contributed by atoms with Gasteiger partial charge in [0.15, 0.2) is 0 Å². The van der Waals surface area contributed by atoms with Gasteiger partial charge >= 0.3 is 0 Å². The van der Waals surface area contributed by atoms with E-state index in [0.717, 1.165) is 40.5 Å². The molecule has 4 rings (SSSR count). The van der Waals surface area contributed by atoms with Gasteiger partial charge in [-0.1, -0.05) is 0 Å². The van der Waals surface area contributed by atoms with Gasteiger partial charge in [0, 0.05) is 31.2 Å². The van der Waals surface area contributed by atoms with Crippen LogP contribution < -0.4 is 4.90 Å². The van der Waals surface area contributed by atoms with Gasteiger partial charge in [0.25, 0.3) is 0 Å². The Labute approximate surface area is 150 Å². The molecule has 126 valence electrons. The number of hydrogen-bond acceptors (Lipinski definition) is 6. The Bertz CT molecular complexity index is 924. The van der Waals surface area contributed by atoms with Crippen LogP contribution in [0.3, 0.4) is 0 Å². The highest BCUT2D eigenvalue weighted by molar-refractivity contribution is 7.99. The minimum atomic E-state index is 0.511. The van der Waals surface area contributed by atoms with E-state index in [2.05, 4.69) is 38.0 Å². The normalized spacial score (nSPS) is 19.4. The van der Waals surface area contributed by atoms with Crippen molar-refractivity contribution in [2.45, 2.75) is 23.9 Å². The Balaban J connectivity index is 1.34. The van der Waals surface area contributed by atoms with Crippen molar-refractivity contribution in [2.24, 2.45) is 5.92 Å². The van der Waals surface area contributed by atoms with Crippen LogP contribution in [0.4, 0.5) is 5.82 Å². The molecule has 0 spiro atoms. The summed E-state index contributed by atoms with van der Waals surface area (Å²) in [6.07, 6.45) is 7.52. The van der Waals surface area contributed by atoms with Crippen LogP contribution in [0.15, 0.2) is 41.9 Å². The van der Waals surface area contributed by atoms with Crippen LogP contribution in [0, 0.1) is 17.2 Å². The van der Waals surface area contributed by atoms with Crippen molar-refractivity contribution in [3.05, 3.63) is 42.5 Å². The summed E-state index contributed by atoms with van der Waals surface area (Å²) >= 11 is 1.74. The maximum atomic E-state index is 8.96. The number of anilines is 1. The summed E-state index contributed by atoms with van der Waals surface area (Å²) in [6, 6.07) is 8.30. The lowest BCUT2D eigenvalue weighted by atomic mass is 9.81. The molecule has 1 aliphatic carbocycles. The lowest BCUT2D eigenvalue weighted by Crippen LogP contribution is -2.43. The molecule has 0 aliphatic heterocycles. The summed E-state index contributed by atoms with van der Waals surface area (Å²) in [4.78, 5) is 18.5. The van der Waals surface area contributed by atoms with Crippen LogP contribution in [0.1, 0.15) is 18.4 Å². The lowest BCUT2D eigenvalue weighted by molar-refractivity contribution is 0.286. The predicted molar refractivity (Wildman–Crippen MR) is 98.5 cm³/mol. The zero-order chi connectivity index (χ0) is 17.2. The van der Waals surface area contributed by atoms with Crippen molar-refractivity contribution in [1.29, 1.82) is 5.26 Å². The van der Waals surface area contributed by atoms with Crippen LogP contribution in [0.2, 0.25) is 0 Å². The van der Waals surface area contributed by atoms with E-state index in [1.165, 1.54) is 0 Å². The number of fused-ring (bicyclic) bond motifs is 1. The molecule has 0 amide bonds. The minimum absolute atomic E-state index is 0.511. The Kier molecular flexibility index (Phi) is 4.28. The smallest absolute Gasteiger partial charge is 0.142 e. The molecule has 1 saturated carbocycles. The molecule has 3 aromatic heterocycles. The number of hydrogen-bond donors (Lipinski definition) is 1. The third kappa shape index (κ3) is 3.17. The number of H-pyrrole nitrogens is 1. The van der Waals surface area contributed by atoms with Gasteiger partial charge in [-0.2, -0.15) is 5.26 Å². The molecule has 1 fully saturated rings. The van der Waals surface area contributed by atoms with E-state index < -0.39 is 0 Å². The van der Waals surface area contributed by atoms with Crippen molar-refractivity contribution in [3.63, 3.8) is 0 Å². The fraction of sp³-hybridized carbons (Fsp3) is 0.333. The summed E-state index contributed by atoms with van der Waals surface area (Å²) in [6.45, 7) is 0. The molecular formula is C18H18N6S. The van der Waals surface area contributed by atoms with Gasteiger partial charge in [-0.25, -0.2) is 15.0 Å². The average molecular weight is 350 g/mol. The minimum Gasteiger partial charge on any atom is -0.356 e. The molecule has 3 aromatic rings. The van der Waals surface area contributed by atoms with Gasteiger partial charge < -0.3 is 9.88 Å². The van der Waals surface area contributed by atoms with Gasteiger partial charge in [-0.15, -0.1) is 11.8 Å². The molecule has 1 N–H and O–H groups in total. The van der Waals surface area contributed by atoms with Crippen LogP contribution >= 0.6 is 11.8 Å². The Hall–Kier alpha value is -2.59. The molecule has 0 saturated heterocycles. The van der Waals surface area contributed by atoms with Crippen molar-refractivity contribution in [3.8, 4) is 6.07 Å². The molecule has 0 aromatic carbocycles. The van der Waals surface area contributed by atoms with Gasteiger partial charge in [-0.05, 0) is 37.0 Å². The number of nitrogens with zero attached hydrogens (tertiary/aromatic N) is 5. The van der Waals surface area contributed by atoms with Crippen LogP contribution in [0.25, 0.3) is 11.0 Å². The van der Waals surface area contributed by atoms with Gasteiger partial charge in [-0.3, -0.25) is 0 Å². The predicted octanol–water partition coefficient (Wildman–Crippen LogP) is 3.23. The summed E-state index contributed by atoms with van der Waals surface area (Å²) in [7, 11) is 2.11. The molecule has 6 nitrogen and oxygen atoms in total. The van der Waals surface area contributed by atoms with Crippen molar-refractivity contribution in [1.82, 2.24) is 19.9 Å². The van der Waals surface area contributed by atoms with Crippen molar-refractivity contribution < 1.29 is 0 Å². The lowest BCUT2D eigenvalue weighted by Gasteiger charge is -2.41. The molecule has 25 heavy (non-hydrogen) atoms. The summed E-state index contributed by atoms with van der Waals surface area (Å²) in [5, 5.41) is 11.0. The number of rotatable bonds is 5. The van der Waals surface area contributed by atoms with Gasteiger partial charge in [0.05, 0.1) is 22.0 Å². The molecule has 0 unspecified atom stereocenters. The molecular weight excluding hydrogens is 332 g/mol. The van der Waals surface area contributed by atoms with Gasteiger partial charge in [0.2, 0.25) is 0 Å². The van der Waals surface area contributed by atoms with E-state index in [9.17, 15) is 0 Å². The van der Waals surface area contributed by atoms with Gasteiger partial charge in [0.1, 0.15) is 17.8 Å². The maximum Gasteiger partial charge on any atom is 0.142 e. The summed E-state index contributed by atoms with van der Waals surface area (Å²) in [5.74, 6) is 2.70. The van der Waals surface area contributed by atoms with E-state index in [0.29, 0.717) is 17.5 Å². The summed E-state index contributed by atoms with van der Waals surface area (Å²) in [5.41, 5.74) is 1.55. The fourth-order valence-corrected chi connectivity index (χ4v) is 4.25. The Morgan fingerprint density at radius 3 is 3.04 bits per heavy atom. The van der Waals surface area contributed by atoms with E-state index in [1.807, 2.05) is 18.3 Å². The second-order valence-electron chi connectivity index (χ2n) is 6.34.